The van der Waals surface area contributed by atoms with Gasteiger partial charge in [-0.2, -0.15) is 0 Å². The number of rotatable bonds is 3. The molecule has 8 heteroatoms. The fourth-order valence-corrected chi connectivity index (χ4v) is 4.38. The molecule has 0 unspecified atom stereocenters. The maximum atomic E-state index is 13.1. The summed E-state index contributed by atoms with van der Waals surface area (Å²) in [6.07, 6.45) is 0.776. The van der Waals surface area contributed by atoms with Gasteiger partial charge in [0.25, 0.3) is 10.0 Å². The largest absolute Gasteiger partial charge is 0.443 e. The first-order valence-corrected chi connectivity index (χ1v) is 10.1. The normalized spacial score (nSPS) is 21.1. The molecule has 0 aromatic heterocycles. The standard InChI is InChI=1S/C19H26N2O5S/c1-7-15-12-14(3)20(18(23)26-19(4,5)6)17(22)21(15)27(24,25)16-10-8-13(2)9-11-16/h7-11,14-15H,1,12H2,2-6H3/t14-,15+/m0/s1. The number of hydrogen-bond donors (Lipinski definition) is 0. The highest BCUT2D eigenvalue weighted by Crippen LogP contribution is 2.30. The van der Waals surface area contributed by atoms with Crippen LogP contribution in [-0.2, 0) is 14.8 Å². The Morgan fingerprint density at radius 1 is 1.26 bits per heavy atom. The van der Waals surface area contributed by atoms with Gasteiger partial charge >= 0.3 is 12.1 Å². The molecular formula is C19H26N2O5S. The average Bonchev–Trinajstić information content (AvgIpc) is 2.52. The monoisotopic (exact) mass is 394 g/mol. The Morgan fingerprint density at radius 2 is 1.81 bits per heavy atom. The first kappa shape index (κ1) is 21.0. The second-order valence-corrected chi connectivity index (χ2v) is 9.45. The summed E-state index contributed by atoms with van der Waals surface area (Å²) >= 11 is 0. The van der Waals surface area contributed by atoms with Gasteiger partial charge in [0, 0.05) is 6.04 Å². The van der Waals surface area contributed by atoms with Crippen LogP contribution in [-0.4, -0.2) is 47.4 Å². The molecule has 1 fully saturated rings. The van der Waals surface area contributed by atoms with Crippen molar-refractivity contribution >= 4 is 22.1 Å². The molecule has 0 saturated carbocycles. The molecule has 148 valence electrons. The minimum absolute atomic E-state index is 0.0213. The van der Waals surface area contributed by atoms with Crippen LogP contribution in [0, 0.1) is 6.92 Å². The van der Waals surface area contributed by atoms with Crippen molar-refractivity contribution in [3.63, 3.8) is 0 Å². The van der Waals surface area contributed by atoms with E-state index in [2.05, 4.69) is 6.58 Å². The molecular weight excluding hydrogens is 368 g/mol. The minimum Gasteiger partial charge on any atom is -0.443 e. The Labute approximate surface area is 160 Å². The van der Waals surface area contributed by atoms with Crippen LogP contribution in [0.2, 0.25) is 0 Å². The number of nitrogens with zero attached hydrogens (tertiary/aromatic N) is 2. The summed E-state index contributed by atoms with van der Waals surface area (Å²) in [7, 11) is -4.16. The van der Waals surface area contributed by atoms with Gasteiger partial charge in [-0.05, 0) is 53.2 Å². The number of sulfonamides is 1. The molecule has 3 amide bonds. The molecule has 1 aliphatic rings. The quantitative estimate of drug-likeness (QED) is 0.730. The molecule has 0 spiro atoms. The van der Waals surface area contributed by atoms with Crippen molar-refractivity contribution in [3.8, 4) is 0 Å². The Morgan fingerprint density at radius 3 is 2.30 bits per heavy atom. The lowest BCUT2D eigenvalue weighted by Gasteiger charge is -2.42. The maximum Gasteiger partial charge on any atom is 0.418 e. The molecule has 1 aromatic carbocycles. The van der Waals surface area contributed by atoms with Gasteiger partial charge in [0.15, 0.2) is 0 Å². The molecule has 0 aliphatic carbocycles. The number of benzene rings is 1. The smallest absolute Gasteiger partial charge is 0.418 e. The summed E-state index contributed by atoms with van der Waals surface area (Å²) in [5.41, 5.74) is 0.0794. The van der Waals surface area contributed by atoms with Crippen LogP contribution in [0.3, 0.4) is 0 Å². The molecule has 0 N–H and O–H groups in total. The van der Waals surface area contributed by atoms with Crippen molar-refractivity contribution in [3.05, 3.63) is 42.5 Å². The molecule has 0 radical (unpaired) electrons. The van der Waals surface area contributed by atoms with E-state index < -0.39 is 39.8 Å². The minimum atomic E-state index is -4.16. The predicted octanol–water partition coefficient (Wildman–Crippen LogP) is 3.69. The van der Waals surface area contributed by atoms with Crippen molar-refractivity contribution in [2.24, 2.45) is 0 Å². The lowest BCUT2D eigenvalue weighted by Crippen LogP contribution is -2.61. The summed E-state index contributed by atoms with van der Waals surface area (Å²) in [6, 6.07) is 3.96. The van der Waals surface area contributed by atoms with Crippen LogP contribution >= 0.6 is 0 Å². The molecule has 0 bridgehead atoms. The van der Waals surface area contributed by atoms with E-state index in [0.29, 0.717) is 4.31 Å². The van der Waals surface area contributed by atoms with Gasteiger partial charge < -0.3 is 4.74 Å². The molecule has 2 atom stereocenters. The molecule has 1 heterocycles. The zero-order valence-corrected chi connectivity index (χ0v) is 17.1. The number of urea groups is 1. The van der Waals surface area contributed by atoms with Crippen molar-refractivity contribution in [1.29, 1.82) is 0 Å². The Hall–Kier alpha value is -2.35. The van der Waals surface area contributed by atoms with Crippen molar-refractivity contribution < 1.29 is 22.7 Å². The summed E-state index contributed by atoms with van der Waals surface area (Å²) in [5, 5.41) is 0. The summed E-state index contributed by atoms with van der Waals surface area (Å²) in [6.45, 7) is 12.2. The van der Waals surface area contributed by atoms with Gasteiger partial charge in [0.05, 0.1) is 10.9 Å². The molecule has 1 saturated heterocycles. The van der Waals surface area contributed by atoms with E-state index >= 15 is 0 Å². The third kappa shape index (κ3) is 4.32. The van der Waals surface area contributed by atoms with Crippen molar-refractivity contribution in [2.45, 2.75) is 63.6 Å². The highest BCUT2D eigenvalue weighted by molar-refractivity contribution is 7.89. The third-order valence-corrected chi connectivity index (χ3v) is 5.97. The second kappa shape index (κ2) is 7.34. The van der Waals surface area contributed by atoms with Gasteiger partial charge in [-0.15, -0.1) is 6.58 Å². The molecule has 27 heavy (non-hydrogen) atoms. The number of carbonyl (C=O) groups is 2. The van der Waals surface area contributed by atoms with Crippen LogP contribution in [0.25, 0.3) is 0 Å². The van der Waals surface area contributed by atoms with Gasteiger partial charge in [0.2, 0.25) is 0 Å². The van der Waals surface area contributed by atoms with Gasteiger partial charge in [-0.1, -0.05) is 23.8 Å². The maximum absolute atomic E-state index is 13.1. The van der Waals surface area contributed by atoms with Gasteiger partial charge in [0.1, 0.15) is 5.60 Å². The number of hydrogen-bond acceptors (Lipinski definition) is 5. The number of amides is 3. The molecule has 2 rings (SSSR count). The zero-order chi connectivity index (χ0) is 20.6. The highest BCUT2D eigenvalue weighted by Gasteiger charge is 2.47. The Balaban J connectivity index is 2.46. The van der Waals surface area contributed by atoms with Crippen LogP contribution in [0.4, 0.5) is 9.59 Å². The van der Waals surface area contributed by atoms with Gasteiger partial charge in [-0.25, -0.2) is 27.2 Å². The predicted molar refractivity (Wildman–Crippen MR) is 102 cm³/mol. The topological polar surface area (TPSA) is 84.0 Å². The fraction of sp³-hybridized carbons (Fsp3) is 0.474. The van der Waals surface area contributed by atoms with E-state index in [4.69, 9.17) is 4.74 Å². The number of imide groups is 1. The van der Waals surface area contributed by atoms with E-state index in [-0.39, 0.29) is 11.3 Å². The summed E-state index contributed by atoms with van der Waals surface area (Å²) < 4.78 is 32.2. The van der Waals surface area contributed by atoms with Crippen LogP contribution < -0.4 is 0 Å². The highest BCUT2D eigenvalue weighted by atomic mass is 32.2. The summed E-state index contributed by atoms with van der Waals surface area (Å²) in [5.74, 6) is 0. The van der Waals surface area contributed by atoms with Crippen molar-refractivity contribution in [1.82, 2.24) is 9.21 Å². The summed E-state index contributed by atoms with van der Waals surface area (Å²) in [4.78, 5) is 26.4. The number of aryl methyl sites for hydroxylation is 1. The molecule has 1 aliphatic heterocycles. The van der Waals surface area contributed by atoms with E-state index in [1.165, 1.54) is 18.2 Å². The first-order chi connectivity index (χ1) is 12.4. The number of ether oxygens (including phenoxy) is 1. The van der Waals surface area contributed by atoms with Crippen molar-refractivity contribution in [2.75, 3.05) is 0 Å². The van der Waals surface area contributed by atoms with Crippen LogP contribution in [0.1, 0.15) is 39.7 Å². The lowest BCUT2D eigenvalue weighted by molar-refractivity contribution is 0.0176. The third-order valence-electron chi connectivity index (χ3n) is 4.16. The number of carbonyl (C=O) groups excluding carboxylic acids is 2. The van der Waals surface area contributed by atoms with E-state index in [1.807, 2.05) is 6.92 Å². The van der Waals surface area contributed by atoms with Crippen LogP contribution in [0.15, 0.2) is 41.8 Å². The van der Waals surface area contributed by atoms with E-state index in [0.717, 1.165) is 10.5 Å². The first-order valence-electron chi connectivity index (χ1n) is 8.68. The van der Waals surface area contributed by atoms with E-state index in [1.54, 1.807) is 39.8 Å². The Bertz CT molecular complexity index is 840. The van der Waals surface area contributed by atoms with Gasteiger partial charge in [-0.3, -0.25) is 0 Å². The second-order valence-electron chi connectivity index (χ2n) is 7.63. The zero-order valence-electron chi connectivity index (χ0n) is 16.3. The van der Waals surface area contributed by atoms with Crippen LogP contribution in [0.5, 0.6) is 0 Å². The molecule has 1 aromatic rings. The fourth-order valence-electron chi connectivity index (χ4n) is 2.85. The average molecular weight is 394 g/mol. The lowest BCUT2D eigenvalue weighted by atomic mass is 10.1. The Kier molecular flexibility index (Phi) is 5.70. The van der Waals surface area contributed by atoms with E-state index in [9.17, 15) is 18.0 Å². The SMILES string of the molecule is C=C[C@@H]1C[C@H](C)N(C(=O)OC(C)(C)C)C(=O)N1S(=O)(=O)c1ccc(C)cc1. The molecule has 7 nitrogen and oxygen atoms in total.